The van der Waals surface area contributed by atoms with Crippen LogP contribution in [0.2, 0.25) is 0 Å². The molecule has 0 aromatic rings. The van der Waals surface area contributed by atoms with Gasteiger partial charge in [-0.15, -0.1) is 13.2 Å². The molecule has 0 saturated heterocycles. The standard InChI is InChI=1S/C11H12F3NO2/c12-11(13,14)17-10(16)8-5-7-3-1-2-4-9(7)15-6-8/h6,15H,1-5H2. The Morgan fingerprint density at radius 2 is 2.00 bits per heavy atom. The van der Waals surface area contributed by atoms with Crippen LogP contribution in [-0.4, -0.2) is 12.3 Å². The molecule has 6 heteroatoms. The van der Waals surface area contributed by atoms with Gasteiger partial charge < -0.3 is 10.1 Å². The van der Waals surface area contributed by atoms with E-state index in [0.29, 0.717) is 0 Å². The Morgan fingerprint density at radius 3 is 2.71 bits per heavy atom. The molecule has 1 N–H and O–H groups in total. The molecule has 1 heterocycles. The SMILES string of the molecule is O=C(OC(F)(F)F)C1=CNC2=C(CCCC2)C1. The molecule has 0 unspecified atom stereocenters. The van der Waals surface area contributed by atoms with E-state index in [9.17, 15) is 18.0 Å². The van der Waals surface area contributed by atoms with Crippen molar-refractivity contribution in [2.24, 2.45) is 0 Å². The van der Waals surface area contributed by atoms with E-state index in [2.05, 4.69) is 10.1 Å². The smallest absolute Gasteiger partial charge is 0.369 e. The molecule has 0 aromatic heterocycles. The van der Waals surface area contributed by atoms with E-state index >= 15 is 0 Å². The Kier molecular flexibility index (Phi) is 3.13. The highest BCUT2D eigenvalue weighted by Crippen LogP contribution is 2.31. The van der Waals surface area contributed by atoms with Gasteiger partial charge in [-0.3, -0.25) is 0 Å². The molecule has 0 saturated carbocycles. The summed E-state index contributed by atoms with van der Waals surface area (Å²) in [5.74, 6) is -1.32. The topological polar surface area (TPSA) is 38.3 Å². The highest BCUT2D eigenvalue weighted by molar-refractivity contribution is 5.89. The average molecular weight is 247 g/mol. The molecule has 2 rings (SSSR count). The minimum atomic E-state index is -4.92. The van der Waals surface area contributed by atoms with Crippen LogP contribution < -0.4 is 5.32 Å². The van der Waals surface area contributed by atoms with Gasteiger partial charge in [-0.25, -0.2) is 4.79 Å². The van der Waals surface area contributed by atoms with Crippen LogP contribution in [-0.2, 0) is 9.53 Å². The van der Waals surface area contributed by atoms with E-state index in [1.807, 2.05) is 0 Å². The molecule has 1 aliphatic carbocycles. The van der Waals surface area contributed by atoms with Gasteiger partial charge in [0.2, 0.25) is 0 Å². The number of alkyl halides is 3. The molecule has 94 valence electrons. The van der Waals surface area contributed by atoms with E-state index in [0.717, 1.165) is 37.0 Å². The third-order valence-electron chi connectivity index (χ3n) is 2.88. The normalized spacial score (nSPS) is 20.3. The Balaban J connectivity index is 2.01. The molecule has 1 aliphatic heterocycles. The van der Waals surface area contributed by atoms with Gasteiger partial charge in [0.25, 0.3) is 0 Å². The zero-order chi connectivity index (χ0) is 12.5. The molecular weight excluding hydrogens is 235 g/mol. The lowest BCUT2D eigenvalue weighted by atomic mass is 9.90. The molecule has 0 bridgehead atoms. The fourth-order valence-corrected chi connectivity index (χ4v) is 2.09. The summed E-state index contributed by atoms with van der Waals surface area (Å²) in [4.78, 5) is 11.2. The van der Waals surface area contributed by atoms with Crippen LogP contribution >= 0.6 is 0 Å². The van der Waals surface area contributed by atoms with E-state index in [-0.39, 0.29) is 12.0 Å². The van der Waals surface area contributed by atoms with E-state index in [1.54, 1.807) is 0 Å². The monoisotopic (exact) mass is 247 g/mol. The quantitative estimate of drug-likeness (QED) is 0.724. The summed E-state index contributed by atoms with van der Waals surface area (Å²) in [5.41, 5.74) is 2.09. The first-order valence-corrected chi connectivity index (χ1v) is 5.42. The molecule has 2 aliphatic rings. The number of carbonyl (C=O) groups excluding carboxylic acids is 1. The highest BCUT2D eigenvalue weighted by Gasteiger charge is 2.35. The fourth-order valence-electron chi connectivity index (χ4n) is 2.09. The lowest BCUT2D eigenvalue weighted by Gasteiger charge is -2.25. The zero-order valence-corrected chi connectivity index (χ0v) is 9.06. The van der Waals surface area contributed by atoms with Gasteiger partial charge in [0.05, 0.1) is 5.57 Å². The van der Waals surface area contributed by atoms with Crippen LogP contribution in [0.4, 0.5) is 13.2 Å². The maximum atomic E-state index is 11.9. The highest BCUT2D eigenvalue weighted by atomic mass is 19.4. The Hall–Kier alpha value is -1.46. The largest absolute Gasteiger partial charge is 0.575 e. The predicted octanol–water partition coefficient (Wildman–Crippen LogP) is 2.75. The van der Waals surface area contributed by atoms with Crippen molar-refractivity contribution in [3.63, 3.8) is 0 Å². The number of halogens is 3. The average Bonchev–Trinajstić information content (AvgIpc) is 2.26. The van der Waals surface area contributed by atoms with Gasteiger partial charge in [0, 0.05) is 18.3 Å². The van der Waals surface area contributed by atoms with Crippen molar-refractivity contribution in [3.05, 3.63) is 23.0 Å². The van der Waals surface area contributed by atoms with Crippen LogP contribution in [0.25, 0.3) is 0 Å². The van der Waals surface area contributed by atoms with Crippen molar-refractivity contribution in [1.29, 1.82) is 0 Å². The minimum Gasteiger partial charge on any atom is -0.369 e. The summed E-state index contributed by atoms with van der Waals surface area (Å²) in [5, 5.41) is 2.89. The summed E-state index contributed by atoms with van der Waals surface area (Å²) in [6.45, 7) is 0. The molecular formula is C11H12F3NO2. The number of allylic oxidation sites excluding steroid dienone is 2. The number of nitrogens with one attached hydrogen (secondary N) is 1. The molecule has 3 nitrogen and oxygen atoms in total. The molecule has 0 amide bonds. The molecule has 0 radical (unpaired) electrons. The zero-order valence-electron chi connectivity index (χ0n) is 9.06. The number of dihydropyridines is 1. The number of esters is 1. The van der Waals surface area contributed by atoms with E-state index in [4.69, 9.17) is 0 Å². The van der Waals surface area contributed by atoms with Crippen LogP contribution in [0.1, 0.15) is 32.1 Å². The van der Waals surface area contributed by atoms with Crippen molar-refractivity contribution in [3.8, 4) is 0 Å². The number of rotatable bonds is 1. The second-order valence-corrected chi connectivity index (χ2v) is 4.12. The van der Waals surface area contributed by atoms with Crippen molar-refractivity contribution < 1.29 is 22.7 Å². The van der Waals surface area contributed by atoms with Crippen LogP contribution in [0.3, 0.4) is 0 Å². The summed E-state index contributed by atoms with van der Waals surface area (Å²) in [6, 6.07) is 0. The van der Waals surface area contributed by atoms with Crippen LogP contribution in [0.5, 0.6) is 0 Å². The lowest BCUT2D eigenvalue weighted by molar-refractivity contribution is -0.303. The number of ether oxygens (including phenoxy) is 1. The maximum Gasteiger partial charge on any atom is 0.575 e. The van der Waals surface area contributed by atoms with Gasteiger partial charge in [-0.2, -0.15) is 0 Å². The summed E-state index contributed by atoms with van der Waals surface area (Å²) >= 11 is 0. The molecule has 0 aromatic carbocycles. The first-order chi connectivity index (χ1) is 7.96. The summed E-state index contributed by atoms with van der Waals surface area (Å²) in [7, 11) is 0. The third kappa shape index (κ3) is 3.01. The molecule has 0 atom stereocenters. The first-order valence-electron chi connectivity index (χ1n) is 5.42. The van der Waals surface area contributed by atoms with Crippen LogP contribution in [0.15, 0.2) is 23.0 Å². The second kappa shape index (κ2) is 4.43. The predicted molar refractivity (Wildman–Crippen MR) is 53.5 cm³/mol. The summed E-state index contributed by atoms with van der Waals surface area (Å²) in [6.07, 6.45) is 0.477. The van der Waals surface area contributed by atoms with E-state index < -0.39 is 12.3 Å². The third-order valence-corrected chi connectivity index (χ3v) is 2.88. The van der Waals surface area contributed by atoms with Crippen molar-refractivity contribution in [2.75, 3.05) is 0 Å². The minimum absolute atomic E-state index is 0.0305. The van der Waals surface area contributed by atoms with Crippen LogP contribution in [0, 0.1) is 0 Å². The number of hydrogen-bond acceptors (Lipinski definition) is 3. The summed E-state index contributed by atoms with van der Waals surface area (Å²) < 4.78 is 39.1. The first kappa shape index (κ1) is 12.0. The van der Waals surface area contributed by atoms with Gasteiger partial charge in [-0.1, -0.05) is 0 Å². The van der Waals surface area contributed by atoms with Gasteiger partial charge in [0.15, 0.2) is 0 Å². The van der Waals surface area contributed by atoms with Gasteiger partial charge >= 0.3 is 12.3 Å². The Morgan fingerprint density at radius 1 is 1.29 bits per heavy atom. The van der Waals surface area contributed by atoms with Crippen molar-refractivity contribution >= 4 is 5.97 Å². The molecule has 0 fully saturated rings. The molecule has 17 heavy (non-hydrogen) atoms. The van der Waals surface area contributed by atoms with E-state index in [1.165, 1.54) is 6.20 Å². The maximum absolute atomic E-state index is 11.9. The second-order valence-electron chi connectivity index (χ2n) is 4.12. The van der Waals surface area contributed by atoms with Crippen molar-refractivity contribution in [1.82, 2.24) is 5.32 Å². The Bertz CT molecular complexity index is 396. The lowest BCUT2D eigenvalue weighted by Crippen LogP contribution is -2.25. The molecule has 0 spiro atoms. The Labute approximate surface area is 96.3 Å². The van der Waals surface area contributed by atoms with Crippen molar-refractivity contribution in [2.45, 2.75) is 38.5 Å². The number of carbonyl (C=O) groups is 1. The van der Waals surface area contributed by atoms with Gasteiger partial charge in [-0.05, 0) is 31.3 Å². The van der Waals surface area contributed by atoms with Gasteiger partial charge in [0.1, 0.15) is 0 Å². The number of hydrogen-bond donors (Lipinski definition) is 1. The fraction of sp³-hybridized carbons (Fsp3) is 0.545.